The molecule has 1 aliphatic carbocycles. The van der Waals surface area contributed by atoms with Crippen LogP contribution in [-0.4, -0.2) is 39.4 Å². The first kappa shape index (κ1) is 18.9. The van der Waals surface area contributed by atoms with Crippen molar-refractivity contribution in [3.05, 3.63) is 30.2 Å². The van der Waals surface area contributed by atoms with E-state index in [4.69, 9.17) is 9.26 Å². The summed E-state index contributed by atoms with van der Waals surface area (Å²) in [5.41, 5.74) is 0.779. The van der Waals surface area contributed by atoms with E-state index >= 15 is 0 Å². The maximum absolute atomic E-state index is 12.2. The van der Waals surface area contributed by atoms with Crippen LogP contribution < -0.4 is 9.64 Å². The van der Waals surface area contributed by atoms with E-state index in [1.807, 2.05) is 31.2 Å². The van der Waals surface area contributed by atoms with E-state index in [0.717, 1.165) is 22.7 Å². The molecule has 0 N–H and O–H groups in total. The van der Waals surface area contributed by atoms with Crippen molar-refractivity contribution in [3.8, 4) is 17.1 Å². The van der Waals surface area contributed by atoms with E-state index in [9.17, 15) is 4.79 Å². The zero-order valence-corrected chi connectivity index (χ0v) is 17.1. The summed E-state index contributed by atoms with van der Waals surface area (Å²) in [6.45, 7) is 1.86. The van der Waals surface area contributed by atoms with Crippen LogP contribution in [0.4, 0.5) is 5.13 Å². The summed E-state index contributed by atoms with van der Waals surface area (Å²) in [5, 5.41) is 13.1. The smallest absolute Gasteiger partial charge is 0.237 e. The van der Waals surface area contributed by atoms with E-state index in [1.165, 1.54) is 23.1 Å². The van der Waals surface area contributed by atoms with Crippen molar-refractivity contribution in [2.45, 2.75) is 42.3 Å². The van der Waals surface area contributed by atoms with E-state index in [1.54, 1.807) is 12.0 Å². The van der Waals surface area contributed by atoms with Crippen LogP contribution in [-0.2, 0) is 10.5 Å². The van der Waals surface area contributed by atoms with E-state index in [0.29, 0.717) is 34.8 Å². The van der Waals surface area contributed by atoms with Crippen molar-refractivity contribution in [2.75, 3.05) is 12.0 Å². The molecule has 2 aromatic heterocycles. The second kappa shape index (κ2) is 8.27. The molecule has 1 aliphatic rings. The molecule has 4 rings (SSSR count). The maximum atomic E-state index is 12.2. The van der Waals surface area contributed by atoms with Gasteiger partial charge in [0.2, 0.25) is 22.8 Å². The number of amides is 1. The molecule has 1 amide bonds. The van der Waals surface area contributed by atoms with Gasteiger partial charge in [0.1, 0.15) is 5.75 Å². The highest BCUT2D eigenvalue weighted by atomic mass is 32.2. The zero-order valence-electron chi connectivity index (χ0n) is 15.5. The fourth-order valence-electron chi connectivity index (χ4n) is 2.70. The summed E-state index contributed by atoms with van der Waals surface area (Å²) < 4.78 is 11.5. The normalized spacial score (nSPS) is 13.5. The number of anilines is 1. The van der Waals surface area contributed by atoms with Crippen molar-refractivity contribution in [2.24, 2.45) is 0 Å². The number of methoxy groups -OCH3 is 1. The van der Waals surface area contributed by atoms with Gasteiger partial charge in [-0.05, 0) is 25.0 Å². The lowest BCUT2D eigenvalue weighted by atomic mass is 10.2. The molecule has 10 heteroatoms. The summed E-state index contributed by atoms with van der Waals surface area (Å²) >= 11 is 2.88. The van der Waals surface area contributed by atoms with Gasteiger partial charge in [-0.3, -0.25) is 9.69 Å². The standard InChI is InChI=1S/C18H19N5O3S2/c1-3-15(24)23(11-8-9-11)17-20-21-18(28-17)27-10-14-19-16(22-26-14)12-6-4-5-7-13(12)25-2/h4-7,11H,3,8-10H2,1-2H3. The topological polar surface area (TPSA) is 94.2 Å². The Kier molecular flexibility index (Phi) is 5.58. The van der Waals surface area contributed by atoms with Gasteiger partial charge in [0.25, 0.3) is 0 Å². The molecule has 0 bridgehead atoms. The van der Waals surface area contributed by atoms with Crippen molar-refractivity contribution in [1.82, 2.24) is 20.3 Å². The first-order chi connectivity index (χ1) is 13.7. The Morgan fingerprint density at radius 1 is 1.36 bits per heavy atom. The van der Waals surface area contributed by atoms with Gasteiger partial charge >= 0.3 is 0 Å². The second-order valence-electron chi connectivity index (χ2n) is 6.20. The van der Waals surface area contributed by atoms with E-state index < -0.39 is 0 Å². The number of hydrogen-bond acceptors (Lipinski definition) is 9. The predicted octanol–water partition coefficient (Wildman–Crippen LogP) is 3.79. The van der Waals surface area contributed by atoms with Crippen LogP contribution in [0.1, 0.15) is 32.1 Å². The summed E-state index contributed by atoms with van der Waals surface area (Å²) in [6.07, 6.45) is 2.52. The predicted molar refractivity (Wildman–Crippen MR) is 107 cm³/mol. The molecule has 0 saturated heterocycles. The van der Waals surface area contributed by atoms with Crippen molar-refractivity contribution < 1.29 is 14.1 Å². The lowest BCUT2D eigenvalue weighted by Crippen LogP contribution is -2.32. The molecule has 28 heavy (non-hydrogen) atoms. The minimum Gasteiger partial charge on any atom is -0.496 e. The Balaban J connectivity index is 1.42. The Morgan fingerprint density at radius 2 is 2.18 bits per heavy atom. The molecule has 0 radical (unpaired) electrons. The third-order valence-corrected chi connectivity index (χ3v) is 6.26. The number of rotatable bonds is 8. The van der Waals surface area contributed by atoms with Crippen LogP contribution in [0.15, 0.2) is 33.1 Å². The van der Waals surface area contributed by atoms with E-state index in [2.05, 4.69) is 20.3 Å². The van der Waals surface area contributed by atoms with Gasteiger partial charge in [0.15, 0.2) is 4.34 Å². The number of carbonyl (C=O) groups excluding carboxylic acids is 1. The highest BCUT2D eigenvalue weighted by Crippen LogP contribution is 2.37. The average Bonchev–Trinajstić information content (AvgIpc) is 3.26. The Labute approximate surface area is 170 Å². The highest BCUT2D eigenvalue weighted by Gasteiger charge is 2.35. The average molecular weight is 418 g/mol. The van der Waals surface area contributed by atoms with Gasteiger partial charge < -0.3 is 9.26 Å². The molecule has 3 aromatic rings. The third-order valence-electron chi connectivity index (χ3n) is 4.22. The molecule has 0 atom stereocenters. The zero-order chi connectivity index (χ0) is 19.5. The summed E-state index contributed by atoms with van der Waals surface area (Å²) in [7, 11) is 1.61. The molecular formula is C18H19N5O3S2. The first-order valence-corrected chi connectivity index (χ1v) is 10.7. The minimum absolute atomic E-state index is 0.0913. The van der Waals surface area contributed by atoms with Gasteiger partial charge in [0.05, 0.1) is 18.4 Å². The van der Waals surface area contributed by atoms with Gasteiger partial charge in [0, 0.05) is 12.5 Å². The molecule has 146 valence electrons. The molecule has 1 fully saturated rings. The second-order valence-corrected chi connectivity index (χ2v) is 8.38. The number of nitrogens with zero attached hydrogens (tertiary/aromatic N) is 5. The fourth-order valence-corrected chi connectivity index (χ4v) is 4.47. The van der Waals surface area contributed by atoms with Crippen LogP contribution in [0.2, 0.25) is 0 Å². The number of aromatic nitrogens is 4. The summed E-state index contributed by atoms with van der Waals surface area (Å²) in [4.78, 5) is 18.4. The Morgan fingerprint density at radius 3 is 2.93 bits per heavy atom. The number of ether oxygens (including phenoxy) is 1. The summed E-state index contributed by atoms with van der Waals surface area (Å²) in [6, 6.07) is 7.80. The van der Waals surface area contributed by atoms with Gasteiger partial charge in [-0.25, -0.2) is 0 Å². The molecule has 2 heterocycles. The lowest BCUT2D eigenvalue weighted by molar-refractivity contribution is -0.118. The molecule has 0 spiro atoms. The Bertz CT molecular complexity index is 970. The number of hydrogen-bond donors (Lipinski definition) is 0. The van der Waals surface area contributed by atoms with Gasteiger partial charge in [-0.1, -0.05) is 47.3 Å². The summed E-state index contributed by atoms with van der Waals surface area (Å²) in [5.74, 6) is 2.23. The third kappa shape index (κ3) is 4.02. The van der Waals surface area contributed by atoms with Crippen LogP contribution in [0, 0.1) is 0 Å². The number of para-hydroxylation sites is 1. The SMILES string of the molecule is CCC(=O)N(c1nnc(SCc2nc(-c3ccccc3OC)no2)s1)C1CC1. The molecule has 0 aliphatic heterocycles. The first-order valence-electron chi connectivity index (χ1n) is 8.94. The van der Waals surface area contributed by atoms with Crippen molar-refractivity contribution in [3.63, 3.8) is 0 Å². The number of thioether (sulfide) groups is 1. The van der Waals surface area contributed by atoms with Crippen LogP contribution in [0.25, 0.3) is 11.4 Å². The van der Waals surface area contributed by atoms with Crippen LogP contribution in [0.3, 0.4) is 0 Å². The van der Waals surface area contributed by atoms with Crippen molar-refractivity contribution >= 4 is 34.1 Å². The number of benzene rings is 1. The van der Waals surface area contributed by atoms with Gasteiger partial charge in [-0.2, -0.15) is 4.98 Å². The molecule has 0 unspecified atom stereocenters. The largest absolute Gasteiger partial charge is 0.496 e. The van der Waals surface area contributed by atoms with E-state index in [-0.39, 0.29) is 11.9 Å². The van der Waals surface area contributed by atoms with Crippen LogP contribution >= 0.6 is 23.1 Å². The maximum Gasteiger partial charge on any atom is 0.237 e. The van der Waals surface area contributed by atoms with Gasteiger partial charge in [-0.15, -0.1) is 10.2 Å². The van der Waals surface area contributed by atoms with Crippen LogP contribution in [0.5, 0.6) is 5.75 Å². The lowest BCUT2D eigenvalue weighted by Gasteiger charge is -2.17. The fraction of sp³-hybridized carbons (Fsp3) is 0.389. The molecule has 1 saturated carbocycles. The monoisotopic (exact) mass is 417 g/mol. The highest BCUT2D eigenvalue weighted by molar-refractivity contribution is 8.00. The molecule has 1 aromatic carbocycles. The van der Waals surface area contributed by atoms with Crippen molar-refractivity contribution in [1.29, 1.82) is 0 Å². The molecular weight excluding hydrogens is 398 g/mol. The quantitative estimate of drug-likeness (QED) is 0.404. The Hall–Kier alpha value is -2.46. The minimum atomic E-state index is 0.0913. The molecule has 8 nitrogen and oxygen atoms in total. The number of carbonyl (C=O) groups is 1.